The molecule has 3 atom stereocenters. The third-order valence-corrected chi connectivity index (χ3v) is 5.49. The molecule has 0 spiro atoms. The lowest BCUT2D eigenvalue weighted by Gasteiger charge is -2.39. The van der Waals surface area contributed by atoms with E-state index in [1.54, 1.807) is 31.2 Å². The van der Waals surface area contributed by atoms with Gasteiger partial charge in [0.25, 0.3) is 11.6 Å². The third-order valence-electron chi connectivity index (χ3n) is 5.49. The third kappa shape index (κ3) is 3.42. The molecule has 1 heterocycles. The molecule has 1 aliphatic carbocycles. The number of para-hydroxylation sites is 1. The fourth-order valence-electron chi connectivity index (χ4n) is 3.84. The molecule has 0 unspecified atom stereocenters. The fraction of sp³-hybridized carbons (Fsp3) is 0.579. The Morgan fingerprint density at radius 2 is 2.11 bits per heavy atom. The van der Waals surface area contributed by atoms with E-state index in [9.17, 15) is 23.1 Å². The van der Waals surface area contributed by atoms with E-state index in [0.717, 1.165) is 12.0 Å². The van der Waals surface area contributed by atoms with Gasteiger partial charge in [-0.25, -0.2) is 0 Å². The van der Waals surface area contributed by atoms with Crippen LogP contribution < -0.4 is 4.74 Å². The molecule has 0 bridgehead atoms. The maximum Gasteiger partial charge on any atom is 0.439 e. The van der Waals surface area contributed by atoms with Crippen LogP contribution in [0.1, 0.15) is 38.2 Å². The summed E-state index contributed by atoms with van der Waals surface area (Å²) >= 11 is 0. The molecule has 5 nitrogen and oxygen atoms in total. The lowest BCUT2D eigenvalue weighted by molar-refractivity contribution is -0.318. The molecule has 3 rings (SSSR count). The highest BCUT2D eigenvalue weighted by Gasteiger charge is 2.68. The highest BCUT2D eigenvalue weighted by Crippen LogP contribution is 2.49. The van der Waals surface area contributed by atoms with Crippen LogP contribution in [-0.4, -0.2) is 40.2 Å². The van der Waals surface area contributed by atoms with Crippen LogP contribution in [-0.2, 0) is 4.79 Å². The average Bonchev–Trinajstić information content (AvgIpc) is 2.94. The molecule has 0 saturated heterocycles. The van der Waals surface area contributed by atoms with Crippen LogP contribution in [0.2, 0.25) is 0 Å². The van der Waals surface area contributed by atoms with Crippen molar-refractivity contribution in [3.8, 4) is 5.75 Å². The number of hydrogen-bond donors (Lipinski definition) is 1. The normalized spacial score (nSPS) is 27.9. The zero-order chi connectivity index (χ0) is 19.8. The Labute approximate surface area is 155 Å². The molecular weight excluding hydrogens is 361 g/mol. The van der Waals surface area contributed by atoms with Crippen molar-refractivity contribution in [3.05, 3.63) is 29.8 Å². The van der Waals surface area contributed by atoms with Gasteiger partial charge in [-0.05, 0) is 43.7 Å². The van der Waals surface area contributed by atoms with Crippen molar-refractivity contribution in [1.82, 2.24) is 5.01 Å². The van der Waals surface area contributed by atoms with Gasteiger partial charge in [-0.15, -0.1) is 0 Å². The second-order valence-electron chi connectivity index (χ2n) is 7.18. The first-order chi connectivity index (χ1) is 12.7. The highest BCUT2D eigenvalue weighted by molar-refractivity contribution is 5.93. The van der Waals surface area contributed by atoms with Gasteiger partial charge < -0.3 is 9.84 Å². The molecule has 1 aromatic rings. The number of rotatable bonds is 4. The molecule has 1 amide bonds. The van der Waals surface area contributed by atoms with Crippen molar-refractivity contribution in [2.75, 3.05) is 6.61 Å². The maximum absolute atomic E-state index is 13.8. The lowest BCUT2D eigenvalue weighted by Crippen LogP contribution is -2.62. The number of aryl methyl sites for hydroxylation is 1. The van der Waals surface area contributed by atoms with Gasteiger partial charge in [0.05, 0.1) is 5.92 Å². The van der Waals surface area contributed by atoms with Crippen molar-refractivity contribution in [2.24, 2.45) is 16.9 Å². The van der Waals surface area contributed by atoms with Crippen LogP contribution in [0.3, 0.4) is 0 Å². The number of hydrogen-bond acceptors (Lipinski definition) is 4. The molecule has 0 aromatic heterocycles. The molecule has 1 saturated carbocycles. The number of halogens is 3. The number of hydrazone groups is 1. The van der Waals surface area contributed by atoms with Crippen LogP contribution in [0, 0.1) is 18.8 Å². The molecule has 148 valence electrons. The Morgan fingerprint density at radius 3 is 2.74 bits per heavy atom. The zero-order valence-electron chi connectivity index (χ0n) is 15.3. The summed E-state index contributed by atoms with van der Waals surface area (Å²) in [6.45, 7) is 3.04. The minimum absolute atomic E-state index is 0.0705. The molecule has 27 heavy (non-hydrogen) atoms. The quantitative estimate of drug-likeness (QED) is 0.862. The number of nitrogens with zero attached hydrogens (tertiary/aromatic N) is 2. The lowest BCUT2D eigenvalue weighted by atomic mass is 9.74. The van der Waals surface area contributed by atoms with Crippen LogP contribution in [0.25, 0.3) is 0 Å². The number of aliphatic hydroxyl groups is 1. The van der Waals surface area contributed by atoms with E-state index in [2.05, 4.69) is 5.10 Å². The van der Waals surface area contributed by atoms with Crippen molar-refractivity contribution >= 4 is 11.6 Å². The van der Waals surface area contributed by atoms with Gasteiger partial charge in [-0.1, -0.05) is 31.5 Å². The van der Waals surface area contributed by atoms with Crippen LogP contribution in [0.5, 0.6) is 5.75 Å². The molecule has 8 heteroatoms. The summed E-state index contributed by atoms with van der Waals surface area (Å²) in [5.74, 6) is -1.77. The summed E-state index contributed by atoms with van der Waals surface area (Å²) in [5, 5.41) is 14.7. The first-order valence-electron chi connectivity index (χ1n) is 9.06. The molecule has 2 aliphatic rings. The predicted molar refractivity (Wildman–Crippen MR) is 93.1 cm³/mol. The number of ether oxygens (including phenoxy) is 1. The largest absolute Gasteiger partial charge is 0.483 e. The van der Waals surface area contributed by atoms with E-state index in [1.165, 1.54) is 0 Å². The minimum atomic E-state index is -5.02. The zero-order valence-corrected chi connectivity index (χ0v) is 15.3. The Hall–Kier alpha value is -2.09. The van der Waals surface area contributed by atoms with Crippen LogP contribution in [0.4, 0.5) is 13.2 Å². The van der Waals surface area contributed by atoms with Gasteiger partial charge >= 0.3 is 6.18 Å². The van der Waals surface area contributed by atoms with Gasteiger partial charge in [0.15, 0.2) is 6.61 Å². The molecule has 1 aliphatic heterocycles. The van der Waals surface area contributed by atoms with Gasteiger partial charge in [0.2, 0.25) is 0 Å². The number of carbonyl (C=O) groups excluding carboxylic acids is 1. The Bertz CT molecular complexity index is 750. The number of alkyl halides is 3. The molecular formula is C19H23F3N2O3. The minimum Gasteiger partial charge on any atom is -0.483 e. The summed E-state index contributed by atoms with van der Waals surface area (Å²) in [5.41, 5.74) is -2.32. The van der Waals surface area contributed by atoms with E-state index in [0.29, 0.717) is 18.6 Å². The van der Waals surface area contributed by atoms with E-state index in [-0.39, 0.29) is 23.1 Å². The van der Waals surface area contributed by atoms with Crippen LogP contribution >= 0.6 is 0 Å². The highest BCUT2D eigenvalue weighted by atomic mass is 19.4. The summed E-state index contributed by atoms with van der Waals surface area (Å²) in [6.07, 6.45) is -3.07. The van der Waals surface area contributed by atoms with Gasteiger partial charge in [0, 0.05) is 5.71 Å². The Kier molecular flexibility index (Phi) is 5.20. The van der Waals surface area contributed by atoms with E-state index >= 15 is 0 Å². The fourth-order valence-corrected chi connectivity index (χ4v) is 3.84. The summed E-state index contributed by atoms with van der Waals surface area (Å²) < 4.78 is 46.9. The van der Waals surface area contributed by atoms with Crippen LogP contribution in [0.15, 0.2) is 29.4 Å². The summed E-state index contributed by atoms with van der Waals surface area (Å²) in [6, 6.07) is 6.88. The molecule has 0 radical (unpaired) electrons. The number of benzene rings is 1. The van der Waals surface area contributed by atoms with Gasteiger partial charge in [0.1, 0.15) is 5.75 Å². The second kappa shape index (κ2) is 7.14. The molecule has 1 fully saturated rings. The topological polar surface area (TPSA) is 62.1 Å². The van der Waals surface area contributed by atoms with Gasteiger partial charge in [-0.3, -0.25) is 4.79 Å². The van der Waals surface area contributed by atoms with E-state index in [1.807, 2.05) is 6.92 Å². The molecule has 1 aromatic carbocycles. The standard InChI is InChI=1S/C19H23F3N2O3/c1-3-13-8-9-15-14(10-13)18(26,19(20,21)22)24(23-15)17(25)11-27-16-7-5-4-6-12(16)2/h4-7,13-14,26H,3,8-11H2,1-2H3/t13-,14+,18-/m0/s1. The maximum atomic E-state index is 13.8. The number of fused-ring (bicyclic) bond motifs is 1. The van der Waals surface area contributed by atoms with Crippen molar-refractivity contribution in [2.45, 2.75) is 51.4 Å². The monoisotopic (exact) mass is 384 g/mol. The smallest absolute Gasteiger partial charge is 0.439 e. The first kappa shape index (κ1) is 19.7. The SMILES string of the molecule is CC[C@H]1CCC2=NN(C(=O)COc3ccccc3C)[C@@](O)(C(F)(F)F)[C@@H]2C1. The average molecular weight is 384 g/mol. The molecule has 1 N–H and O–H groups in total. The Morgan fingerprint density at radius 1 is 1.41 bits per heavy atom. The van der Waals surface area contributed by atoms with E-state index < -0.39 is 30.3 Å². The number of carbonyl (C=O) groups is 1. The predicted octanol–water partition coefficient (Wildman–Crippen LogP) is 3.65. The first-order valence-corrected chi connectivity index (χ1v) is 9.06. The van der Waals surface area contributed by atoms with E-state index in [4.69, 9.17) is 4.74 Å². The van der Waals surface area contributed by atoms with Gasteiger partial charge in [-0.2, -0.15) is 23.3 Å². The second-order valence-corrected chi connectivity index (χ2v) is 7.18. The van der Waals surface area contributed by atoms with Crippen molar-refractivity contribution in [3.63, 3.8) is 0 Å². The summed E-state index contributed by atoms with van der Waals surface area (Å²) in [4.78, 5) is 12.5. The van der Waals surface area contributed by atoms with Crippen molar-refractivity contribution < 1.29 is 27.8 Å². The Balaban J connectivity index is 1.83. The summed E-state index contributed by atoms with van der Waals surface area (Å²) in [7, 11) is 0. The number of amides is 1. The van der Waals surface area contributed by atoms with Crippen molar-refractivity contribution in [1.29, 1.82) is 0 Å².